The summed E-state index contributed by atoms with van der Waals surface area (Å²) in [6.45, 7) is 2.53. The summed E-state index contributed by atoms with van der Waals surface area (Å²) in [4.78, 5) is 15.5. The van der Waals surface area contributed by atoms with Crippen molar-refractivity contribution in [1.82, 2.24) is 14.6 Å². The Bertz CT molecular complexity index is 809. The smallest absolute Gasteiger partial charge is 0.248 e. The number of imidazole rings is 1. The van der Waals surface area contributed by atoms with Gasteiger partial charge in [0.15, 0.2) is 5.65 Å². The van der Waals surface area contributed by atoms with E-state index < -0.39 is 5.91 Å². The van der Waals surface area contributed by atoms with Gasteiger partial charge in [-0.2, -0.15) is 5.10 Å². The number of fused-ring (bicyclic) bond motifs is 1. The fourth-order valence-electron chi connectivity index (χ4n) is 2.15. The summed E-state index contributed by atoms with van der Waals surface area (Å²) in [6, 6.07) is 9.09. The first-order valence-electron chi connectivity index (χ1n) is 6.57. The fraction of sp³-hybridized carbons (Fsp3) is 0.133. The number of nitrogens with zero attached hydrogens (tertiary/aromatic N) is 3. The molecule has 0 aliphatic carbocycles. The number of rotatable bonds is 4. The topological polar surface area (TPSA) is 85.3 Å². The molecule has 1 aromatic carbocycles. The predicted molar refractivity (Wildman–Crippen MR) is 80.0 cm³/mol. The highest BCUT2D eigenvalue weighted by atomic mass is 16.1. The Morgan fingerprint density at radius 3 is 3.05 bits per heavy atom. The molecule has 0 fully saturated rings. The number of nitrogens with two attached hydrogens (primary N) is 1. The monoisotopic (exact) mass is 281 g/mol. The van der Waals surface area contributed by atoms with Gasteiger partial charge in [0.05, 0.1) is 18.4 Å². The SMILES string of the molecule is Cc1ccc(C(N)=O)cc1NCc1cnc2cccnn12. The van der Waals surface area contributed by atoms with E-state index in [0.717, 1.165) is 22.6 Å². The highest BCUT2D eigenvalue weighted by molar-refractivity contribution is 5.94. The van der Waals surface area contributed by atoms with E-state index in [1.54, 1.807) is 29.0 Å². The molecule has 0 atom stereocenters. The van der Waals surface area contributed by atoms with Crippen molar-refractivity contribution in [2.45, 2.75) is 13.5 Å². The summed E-state index contributed by atoms with van der Waals surface area (Å²) in [5.41, 5.74) is 9.45. The molecule has 0 saturated carbocycles. The van der Waals surface area contributed by atoms with E-state index in [1.165, 1.54) is 0 Å². The first-order chi connectivity index (χ1) is 10.1. The number of aromatic nitrogens is 3. The second-order valence-corrected chi connectivity index (χ2v) is 4.79. The molecule has 0 unspecified atom stereocenters. The molecule has 3 rings (SSSR count). The minimum Gasteiger partial charge on any atom is -0.379 e. The molecule has 0 radical (unpaired) electrons. The lowest BCUT2D eigenvalue weighted by atomic mass is 10.1. The summed E-state index contributed by atoms with van der Waals surface area (Å²) in [5.74, 6) is -0.436. The molecule has 2 heterocycles. The van der Waals surface area contributed by atoms with E-state index in [4.69, 9.17) is 5.73 Å². The molecule has 6 heteroatoms. The molecular weight excluding hydrogens is 266 g/mol. The Morgan fingerprint density at radius 1 is 1.38 bits per heavy atom. The van der Waals surface area contributed by atoms with Crippen LogP contribution in [0.5, 0.6) is 0 Å². The van der Waals surface area contributed by atoms with Gasteiger partial charge in [-0.15, -0.1) is 0 Å². The maximum absolute atomic E-state index is 11.2. The van der Waals surface area contributed by atoms with Crippen molar-refractivity contribution in [2.24, 2.45) is 5.73 Å². The zero-order valence-electron chi connectivity index (χ0n) is 11.6. The van der Waals surface area contributed by atoms with Crippen LogP contribution in [0.2, 0.25) is 0 Å². The molecule has 0 aliphatic rings. The summed E-state index contributed by atoms with van der Waals surface area (Å²) in [7, 11) is 0. The quantitative estimate of drug-likeness (QED) is 0.763. The van der Waals surface area contributed by atoms with Crippen LogP contribution in [0.1, 0.15) is 21.6 Å². The minimum absolute atomic E-state index is 0.436. The van der Waals surface area contributed by atoms with Gasteiger partial charge < -0.3 is 11.1 Å². The normalized spacial score (nSPS) is 10.7. The fourth-order valence-corrected chi connectivity index (χ4v) is 2.15. The molecule has 106 valence electrons. The van der Waals surface area contributed by atoms with Crippen molar-refractivity contribution in [2.75, 3.05) is 5.32 Å². The Morgan fingerprint density at radius 2 is 2.24 bits per heavy atom. The van der Waals surface area contributed by atoms with Gasteiger partial charge in [0.25, 0.3) is 0 Å². The predicted octanol–water partition coefficient (Wildman–Crippen LogP) is 1.75. The van der Waals surface area contributed by atoms with Crippen LogP contribution in [-0.2, 0) is 6.54 Å². The third-order valence-electron chi connectivity index (χ3n) is 3.33. The first kappa shape index (κ1) is 13.1. The molecule has 6 nitrogen and oxygen atoms in total. The molecule has 3 N–H and O–H groups in total. The van der Waals surface area contributed by atoms with E-state index in [0.29, 0.717) is 12.1 Å². The van der Waals surface area contributed by atoms with Crippen LogP contribution in [-0.4, -0.2) is 20.5 Å². The van der Waals surface area contributed by atoms with Crippen LogP contribution in [0, 0.1) is 6.92 Å². The molecule has 0 aliphatic heterocycles. The Hall–Kier alpha value is -2.89. The minimum atomic E-state index is -0.436. The van der Waals surface area contributed by atoms with Crippen molar-refractivity contribution in [3.05, 3.63) is 59.5 Å². The van der Waals surface area contributed by atoms with E-state index in [-0.39, 0.29) is 0 Å². The maximum atomic E-state index is 11.2. The van der Waals surface area contributed by atoms with Gasteiger partial charge >= 0.3 is 0 Å². The molecule has 2 aromatic heterocycles. The van der Waals surface area contributed by atoms with E-state index in [9.17, 15) is 4.79 Å². The second kappa shape index (κ2) is 5.24. The number of hydrogen-bond acceptors (Lipinski definition) is 4. The van der Waals surface area contributed by atoms with E-state index in [2.05, 4.69) is 15.4 Å². The van der Waals surface area contributed by atoms with Crippen LogP contribution < -0.4 is 11.1 Å². The first-order valence-corrected chi connectivity index (χ1v) is 6.57. The highest BCUT2D eigenvalue weighted by Gasteiger charge is 2.07. The zero-order chi connectivity index (χ0) is 14.8. The standard InChI is InChI=1S/C15H15N5O/c1-10-4-5-11(15(16)21)7-13(10)17-8-12-9-18-14-3-2-6-19-20(12)14/h2-7,9,17H,8H2,1H3,(H2,16,21). The van der Waals surface area contributed by atoms with Crippen molar-refractivity contribution in [3.8, 4) is 0 Å². The van der Waals surface area contributed by atoms with E-state index in [1.807, 2.05) is 25.1 Å². The van der Waals surface area contributed by atoms with Gasteiger partial charge in [0, 0.05) is 17.4 Å². The lowest BCUT2D eigenvalue weighted by Gasteiger charge is -2.10. The number of carbonyl (C=O) groups excluding carboxylic acids is 1. The molecule has 1 amide bonds. The number of primary amides is 1. The van der Waals surface area contributed by atoms with Gasteiger partial charge in [-0.1, -0.05) is 6.07 Å². The molecule has 0 bridgehead atoms. The molecule has 0 spiro atoms. The molecular formula is C15H15N5O. The number of anilines is 1. The summed E-state index contributed by atoms with van der Waals surface area (Å²) in [6.07, 6.45) is 3.50. The van der Waals surface area contributed by atoms with Gasteiger partial charge in [-0.25, -0.2) is 9.50 Å². The van der Waals surface area contributed by atoms with Crippen molar-refractivity contribution in [1.29, 1.82) is 0 Å². The Balaban J connectivity index is 1.84. The number of aryl methyl sites for hydroxylation is 1. The van der Waals surface area contributed by atoms with Crippen molar-refractivity contribution >= 4 is 17.2 Å². The number of nitrogens with one attached hydrogen (secondary N) is 1. The maximum Gasteiger partial charge on any atom is 0.248 e. The number of carbonyl (C=O) groups is 1. The van der Waals surface area contributed by atoms with Crippen LogP contribution in [0.4, 0.5) is 5.69 Å². The third kappa shape index (κ3) is 2.55. The highest BCUT2D eigenvalue weighted by Crippen LogP contribution is 2.18. The van der Waals surface area contributed by atoms with Gasteiger partial charge in [-0.05, 0) is 36.8 Å². The number of hydrogen-bond donors (Lipinski definition) is 2. The summed E-state index contributed by atoms with van der Waals surface area (Å²) >= 11 is 0. The van der Waals surface area contributed by atoms with Crippen LogP contribution in [0.25, 0.3) is 5.65 Å². The van der Waals surface area contributed by atoms with Crippen LogP contribution in [0.15, 0.2) is 42.7 Å². The van der Waals surface area contributed by atoms with Gasteiger partial charge in [0.2, 0.25) is 5.91 Å². The second-order valence-electron chi connectivity index (χ2n) is 4.79. The molecule has 21 heavy (non-hydrogen) atoms. The zero-order valence-corrected chi connectivity index (χ0v) is 11.6. The largest absolute Gasteiger partial charge is 0.379 e. The Kier molecular flexibility index (Phi) is 3.27. The lowest BCUT2D eigenvalue weighted by molar-refractivity contribution is 0.100. The van der Waals surface area contributed by atoms with Crippen molar-refractivity contribution in [3.63, 3.8) is 0 Å². The average molecular weight is 281 g/mol. The molecule has 3 aromatic rings. The Labute approximate surface area is 121 Å². The summed E-state index contributed by atoms with van der Waals surface area (Å²) in [5, 5.41) is 7.56. The molecule has 0 saturated heterocycles. The van der Waals surface area contributed by atoms with Crippen LogP contribution >= 0.6 is 0 Å². The van der Waals surface area contributed by atoms with Gasteiger partial charge in [-0.3, -0.25) is 4.79 Å². The van der Waals surface area contributed by atoms with E-state index >= 15 is 0 Å². The average Bonchev–Trinajstić information content (AvgIpc) is 2.89. The lowest BCUT2D eigenvalue weighted by Crippen LogP contribution is -2.12. The summed E-state index contributed by atoms with van der Waals surface area (Å²) < 4.78 is 1.78. The van der Waals surface area contributed by atoms with Gasteiger partial charge in [0.1, 0.15) is 0 Å². The number of amides is 1. The van der Waals surface area contributed by atoms with Crippen molar-refractivity contribution < 1.29 is 4.79 Å². The van der Waals surface area contributed by atoms with Crippen LogP contribution in [0.3, 0.4) is 0 Å². The third-order valence-corrected chi connectivity index (χ3v) is 3.33. The number of benzene rings is 1.